The molecule has 20 heavy (non-hydrogen) atoms. The molecule has 0 aliphatic carbocycles. The maximum absolute atomic E-state index is 11.9. The lowest BCUT2D eigenvalue weighted by molar-refractivity contribution is 0.0601. The molecule has 1 atom stereocenters. The third kappa shape index (κ3) is 3.48. The van der Waals surface area contributed by atoms with Gasteiger partial charge in [0.05, 0.1) is 7.11 Å². The first-order valence-corrected chi connectivity index (χ1v) is 7.28. The molecule has 5 nitrogen and oxygen atoms in total. The highest BCUT2D eigenvalue weighted by atomic mass is 16.5. The Hall–Kier alpha value is -1.62. The molecule has 0 radical (unpaired) electrons. The highest BCUT2D eigenvalue weighted by molar-refractivity contribution is 5.94. The van der Waals surface area contributed by atoms with Gasteiger partial charge in [-0.05, 0) is 37.9 Å². The quantitative estimate of drug-likeness (QED) is 0.804. The number of hydrogen-bond donors (Lipinski definition) is 1. The number of ether oxygens (including phenoxy) is 1. The lowest BCUT2D eigenvalue weighted by atomic mass is 10.2. The summed E-state index contributed by atoms with van der Waals surface area (Å²) in [6.45, 7) is 4.99. The van der Waals surface area contributed by atoms with Crippen LogP contribution in [0.5, 0.6) is 0 Å². The molecule has 1 aliphatic rings. The van der Waals surface area contributed by atoms with Gasteiger partial charge in [0.25, 0.3) is 0 Å². The van der Waals surface area contributed by atoms with Gasteiger partial charge in [-0.1, -0.05) is 6.92 Å². The summed E-state index contributed by atoms with van der Waals surface area (Å²) < 4.78 is 4.85. The zero-order valence-electron chi connectivity index (χ0n) is 12.3. The first-order chi connectivity index (χ1) is 9.76. The van der Waals surface area contributed by atoms with Crippen LogP contribution in [0.3, 0.4) is 0 Å². The van der Waals surface area contributed by atoms with Gasteiger partial charge < -0.3 is 15.0 Å². The van der Waals surface area contributed by atoms with Crippen molar-refractivity contribution >= 4 is 11.8 Å². The van der Waals surface area contributed by atoms with Crippen LogP contribution in [0.15, 0.2) is 18.3 Å². The molecule has 0 amide bonds. The smallest absolute Gasteiger partial charge is 0.341 e. The van der Waals surface area contributed by atoms with E-state index < -0.39 is 0 Å². The minimum atomic E-state index is -0.325. The van der Waals surface area contributed by atoms with E-state index in [-0.39, 0.29) is 5.97 Å². The Morgan fingerprint density at radius 1 is 1.60 bits per heavy atom. The van der Waals surface area contributed by atoms with E-state index in [1.807, 2.05) is 0 Å². The van der Waals surface area contributed by atoms with Gasteiger partial charge in [-0.2, -0.15) is 0 Å². The maximum Gasteiger partial charge on any atom is 0.341 e. The molecule has 1 N–H and O–H groups in total. The topological polar surface area (TPSA) is 54.5 Å². The van der Waals surface area contributed by atoms with Crippen molar-refractivity contribution in [2.24, 2.45) is 0 Å². The molecule has 2 rings (SSSR count). The van der Waals surface area contributed by atoms with E-state index >= 15 is 0 Å². The number of esters is 1. The summed E-state index contributed by atoms with van der Waals surface area (Å²) >= 11 is 0. The Labute approximate surface area is 120 Å². The molecule has 1 unspecified atom stereocenters. The average molecular weight is 277 g/mol. The molecule has 110 valence electrons. The summed E-state index contributed by atoms with van der Waals surface area (Å²) in [5, 5.41) is 3.49. The van der Waals surface area contributed by atoms with Gasteiger partial charge in [-0.15, -0.1) is 0 Å². The molecule has 1 fully saturated rings. The van der Waals surface area contributed by atoms with Crippen molar-refractivity contribution < 1.29 is 9.53 Å². The van der Waals surface area contributed by atoms with Crippen LogP contribution in [0.25, 0.3) is 0 Å². The summed E-state index contributed by atoms with van der Waals surface area (Å²) in [7, 11) is 1.40. The largest absolute Gasteiger partial charge is 0.465 e. The molecule has 0 spiro atoms. The van der Waals surface area contributed by atoms with Crippen molar-refractivity contribution in [1.29, 1.82) is 0 Å². The SMILES string of the molecule is CCCN(CC1CCCN1)c1ncccc1C(=O)OC. The number of anilines is 1. The summed E-state index contributed by atoms with van der Waals surface area (Å²) in [5.74, 6) is 0.406. The number of carbonyl (C=O) groups excluding carboxylic acids is 1. The van der Waals surface area contributed by atoms with E-state index in [4.69, 9.17) is 4.74 Å². The molecule has 2 heterocycles. The zero-order chi connectivity index (χ0) is 14.4. The van der Waals surface area contributed by atoms with Gasteiger partial charge in [0.2, 0.25) is 0 Å². The van der Waals surface area contributed by atoms with Crippen LogP contribution < -0.4 is 10.2 Å². The Morgan fingerprint density at radius 3 is 3.10 bits per heavy atom. The normalized spacial score (nSPS) is 18.0. The van der Waals surface area contributed by atoms with Gasteiger partial charge in [-0.3, -0.25) is 0 Å². The minimum Gasteiger partial charge on any atom is -0.465 e. The van der Waals surface area contributed by atoms with Crippen molar-refractivity contribution in [3.8, 4) is 0 Å². The van der Waals surface area contributed by atoms with Crippen LogP contribution in [0.2, 0.25) is 0 Å². The maximum atomic E-state index is 11.9. The molecule has 1 aromatic rings. The molecular weight excluding hydrogens is 254 g/mol. The lowest BCUT2D eigenvalue weighted by Crippen LogP contribution is -2.39. The molecule has 1 aliphatic heterocycles. The van der Waals surface area contributed by atoms with Gasteiger partial charge in [0.1, 0.15) is 11.4 Å². The molecular formula is C15H23N3O2. The van der Waals surface area contributed by atoms with E-state index in [1.165, 1.54) is 20.0 Å². The minimum absolute atomic E-state index is 0.325. The van der Waals surface area contributed by atoms with Crippen LogP contribution in [0, 0.1) is 0 Å². The second-order valence-corrected chi connectivity index (χ2v) is 5.11. The third-order valence-electron chi connectivity index (χ3n) is 3.59. The van der Waals surface area contributed by atoms with Crippen molar-refractivity contribution in [3.63, 3.8) is 0 Å². The fourth-order valence-electron chi connectivity index (χ4n) is 2.65. The lowest BCUT2D eigenvalue weighted by Gasteiger charge is -2.27. The number of hydrogen-bond acceptors (Lipinski definition) is 5. The predicted molar refractivity (Wildman–Crippen MR) is 79.1 cm³/mol. The first-order valence-electron chi connectivity index (χ1n) is 7.28. The van der Waals surface area contributed by atoms with Crippen molar-refractivity contribution in [2.75, 3.05) is 31.6 Å². The first kappa shape index (κ1) is 14.8. The summed E-state index contributed by atoms with van der Waals surface area (Å²) in [6.07, 6.45) is 5.15. The third-order valence-corrected chi connectivity index (χ3v) is 3.59. The Morgan fingerprint density at radius 2 is 2.45 bits per heavy atom. The zero-order valence-corrected chi connectivity index (χ0v) is 12.3. The molecule has 0 aromatic carbocycles. The van der Waals surface area contributed by atoms with Gasteiger partial charge in [0.15, 0.2) is 0 Å². The van der Waals surface area contributed by atoms with Gasteiger partial charge in [0, 0.05) is 25.3 Å². The molecule has 1 saturated heterocycles. The van der Waals surface area contributed by atoms with E-state index in [2.05, 4.69) is 22.1 Å². The standard InChI is InChI=1S/C15H23N3O2/c1-3-10-18(11-12-6-4-8-16-12)14-13(15(19)20-2)7-5-9-17-14/h5,7,9,12,16H,3-4,6,8,10-11H2,1-2H3. The monoisotopic (exact) mass is 277 g/mol. The van der Waals surface area contributed by atoms with Crippen molar-refractivity contribution in [1.82, 2.24) is 10.3 Å². The van der Waals surface area contributed by atoms with E-state index in [1.54, 1.807) is 18.3 Å². The van der Waals surface area contributed by atoms with Crippen LogP contribution >= 0.6 is 0 Å². The number of methoxy groups -OCH3 is 1. The van der Waals surface area contributed by atoms with Gasteiger partial charge >= 0.3 is 5.97 Å². The number of pyridine rings is 1. The molecule has 1 aromatic heterocycles. The summed E-state index contributed by atoms with van der Waals surface area (Å²) in [5.41, 5.74) is 0.543. The van der Waals surface area contributed by atoms with Crippen LogP contribution in [0.1, 0.15) is 36.5 Å². The number of nitrogens with one attached hydrogen (secondary N) is 1. The Bertz CT molecular complexity index is 444. The molecule has 0 bridgehead atoms. The molecule has 5 heteroatoms. The second-order valence-electron chi connectivity index (χ2n) is 5.11. The van der Waals surface area contributed by atoms with E-state index in [0.717, 1.165) is 31.9 Å². The summed E-state index contributed by atoms with van der Waals surface area (Å²) in [6, 6.07) is 4.03. The van der Waals surface area contributed by atoms with Crippen LogP contribution in [0.4, 0.5) is 5.82 Å². The highest BCUT2D eigenvalue weighted by Crippen LogP contribution is 2.20. The predicted octanol–water partition coefficient (Wildman–Crippen LogP) is 1.84. The van der Waals surface area contributed by atoms with Crippen LogP contribution in [-0.2, 0) is 4.74 Å². The highest BCUT2D eigenvalue weighted by Gasteiger charge is 2.22. The van der Waals surface area contributed by atoms with Crippen LogP contribution in [-0.4, -0.2) is 43.7 Å². The Kier molecular flexibility index (Phi) is 5.35. The Balaban J connectivity index is 2.21. The van der Waals surface area contributed by atoms with E-state index in [0.29, 0.717) is 11.6 Å². The average Bonchev–Trinajstić information content (AvgIpc) is 2.99. The second kappa shape index (κ2) is 7.24. The van der Waals surface area contributed by atoms with Crippen molar-refractivity contribution in [3.05, 3.63) is 23.9 Å². The number of rotatable bonds is 6. The molecule has 0 saturated carbocycles. The number of carbonyl (C=O) groups is 1. The van der Waals surface area contributed by atoms with Crippen molar-refractivity contribution in [2.45, 2.75) is 32.2 Å². The van der Waals surface area contributed by atoms with E-state index in [9.17, 15) is 4.79 Å². The number of nitrogens with zero attached hydrogens (tertiary/aromatic N) is 2. The summed E-state index contributed by atoms with van der Waals surface area (Å²) in [4.78, 5) is 18.5. The number of aromatic nitrogens is 1. The fraction of sp³-hybridized carbons (Fsp3) is 0.600. The van der Waals surface area contributed by atoms with Gasteiger partial charge in [-0.25, -0.2) is 9.78 Å². The fourth-order valence-corrected chi connectivity index (χ4v) is 2.65.